The van der Waals surface area contributed by atoms with E-state index in [0.717, 1.165) is 64.3 Å². The summed E-state index contributed by atoms with van der Waals surface area (Å²) in [6.07, 6.45) is 7.87. The van der Waals surface area contributed by atoms with Crippen LogP contribution in [0.15, 0.2) is 79.4 Å². The molecule has 1 fully saturated rings. The summed E-state index contributed by atoms with van der Waals surface area (Å²) in [7, 11) is 0. The van der Waals surface area contributed by atoms with E-state index in [4.69, 9.17) is 4.74 Å². The lowest BCUT2D eigenvalue weighted by Crippen LogP contribution is -2.28. The fourth-order valence-electron chi connectivity index (χ4n) is 4.60. The Hall–Kier alpha value is -3.97. The maximum Gasteiger partial charge on any atom is 0.145 e. The number of benzene rings is 2. The van der Waals surface area contributed by atoms with Gasteiger partial charge in [0, 0.05) is 35.0 Å². The van der Waals surface area contributed by atoms with Crippen molar-refractivity contribution < 1.29 is 4.74 Å². The molecule has 0 unspecified atom stereocenters. The van der Waals surface area contributed by atoms with Crippen LogP contribution < -0.4 is 15.4 Å². The Balaban J connectivity index is 1.28. The SMILES string of the molecule is c1ccc(Cn2ccc3cc(Nc4ncnc5cccc(OC[C@H]6CCCN6)c45)ccc32)nc1. The zero-order valence-corrected chi connectivity index (χ0v) is 18.8. The lowest BCUT2D eigenvalue weighted by molar-refractivity contribution is 0.280. The minimum absolute atomic E-state index is 0.397. The number of hydrogen-bond donors (Lipinski definition) is 2. The van der Waals surface area contributed by atoms with Gasteiger partial charge in [0.15, 0.2) is 0 Å². The van der Waals surface area contributed by atoms with Crippen LogP contribution in [0.2, 0.25) is 0 Å². The highest BCUT2D eigenvalue weighted by Crippen LogP contribution is 2.32. The predicted octanol–water partition coefficient (Wildman–Crippen LogP) is 4.90. The van der Waals surface area contributed by atoms with Crippen LogP contribution >= 0.6 is 0 Å². The average Bonchev–Trinajstić information content (AvgIpc) is 3.54. The van der Waals surface area contributed by atoms with E-state index in [1.807, 2.05) is 42.6 Å². The summed E-state index contributed by atoms with van der Waals surface area (Å²) in [5, 5.41) is 9.04. The molecule has 2 aromatic carbocycles. The number of nitrogens with one attached hydrogen (secondary N) is 2. The van der Waals surface area contributed by atoms with E-state index >= 15 is 0 Å². The molecule has 34 heavy (non-hydrogen) atoms. The van der Waals surface area contributed by atoms with Gasteiger partial charge in [0.25, 0.3) is 0 Å². The molecule has 1 atom stereocenters. The maximum atomic E-state index is 6.22. The van der Waals surface area contributed by atoms with Gasteiger partial charge in [0.1, 0.15) is 24.5 Å². The van der Waals surface area contributed by atoms with Crippen molar-refractivity contribution >= 4 is 33.3 Å². The van der Waals surface area contributed by atoms with Crippen LogP contribution in [0, 0.1) is 0 Å². The summed E-state index contributed by atoms with van der Waals surface area (Å²) in [6.45, 7) is 2.44. The molecule has 0 spiro atoms. The summed E-state index contributed by atoms with van der Waals surface area (Å²) in [5.74, 6) is 1.55. The van der Waals surface area contributed by atoms with Crippen molar-refractivity contribution in [1.82, 2.24) is 24.8 Å². The quantitative estimate of drug-likeness (QED) is 0.367. The number of aromatic nitrogens is 4. The van der Waals surface area contributed by atoms with E-state index in [-0.39, 0.29) is 0 Å². The van der Waals surface area contributed by atoms with E-state index < -0.39 is 0 Å². The molecule has 0 aliphatic carbocycles. The normalized spacial score (nSPS) is 15.7. The van der Waals surface area contributed by atoms with Gasteiger partial charge < -0.3 is 19.9 Å². The van der Waals surface area contributed by atoms with Crippen molar-refractivity contribution in [3.63, 3.8) is 0 Å². The molecule has 1 aliphatic heterocycles. The molecule has 0 saturated carbocycles. The van der Waals surface area contributed by atoms with Crippen molar-refractivity contribution in [1.29, 1.82) is 0 Å². The highest BCUT2D eigenvalue weighted by molar-refractivity contribution is 5.96. The second kappa shape index (κ2) is 9.11. The van der Waals surface area contributed by atoms with Crippen LogP contribution in [0.5, 0.6) is 5.75 Å². The minimum atomic E-state index is 0.397. The van der Waals surface area contributed by atoms with Gasteiger partial charge in [-0.15, -0.1) is 0 Å². The second-order valence-corrected chi connectivity index (χ2v) is 8.64. The first-order valence-electron chi connectivity index (χ1n) is 11.7. The molecule has 7 nitrogen and oxygen atoms in total. The van der Waals surface area contributed by atoms with Gasteiger partial charge in [0.2, 0.25) is 0 Å². The minimum Gasteiger partial charge on any atom is -0.491 e. The van der Waals surface area contributed by atoms with Crippen molar-refractivity contribution in [2.24, 2.45) is 0 Å². The third kappa shape index (κ3) is 4.18. The van der Waals surface area contributed by atoms with Gasteiger partial charge in [-0.25, -0.2) is 9.97 Å². The van der Waals surface area contributed by atoms with Crippen LogP contribution in [-0.4, -0.2) is 38.7 Å². The molecule has 1 saturated heterocycles. The Kier molecular flexibility index (Phi) is 5.53. The van der Waals surface area contributed by atoms with E-state index in [0.29, 0.717) is 12.6 Å². The maximum absolute atomic E-state index is 6.22. The molecule has 0 amide bonds. The van der Waals surface area contributed by atoms with Gasteiger partial charge in [-0.2, -0.15) is 0 Å². The summed E-state index contributed by atoms with van der Waals surface area (Å²) >= 11 is 0. The highest BCUT2D eigenvalue weighted by atomic mass is 16.5. The largest absolute Gasteiger partial charge is 0.491 e. The van der Waals surface area contributed by atoms with Gasteiger partial charge >= 0.3 is 0 Å². The molecule has 1 aliphatic rings. The van der Waals surface area contributed by atoms with Crippen LogP contribution in [0.1, 0.15) is 18.5 Å². The molecule has 6 rings (SSSR count). The molecule has 0 bridgehead atoms. The molecular formula is C27H26N6O. The van der Waals surface area contributed by atoms with Crippen LogP contribution in [0.4, 0.5) is 11.5 Å². The summed E-state index contributed by atoms with van der Waals surface area (Å²) in [4.78, 5) is 13.5. The molecule has 2 N–H and O–H groups in total. The van der Waals surface area contributed by atoms with Crippen molar-refractivity contribution in [2.75, 3.05) is 18.5 Å². The average molecular weight is 451 g/mol. The molecule has 4 heterocycles. The van der Waals surface area contributed by atoms with Crippen molar-refractivity contribution in [2.45, 2.75) is 25.4 Å². The number of hydrogen-bond acceptors (Lipinski definition) is 6. The molecule has 5 aromatic rings. The lowest BCUT2D eigenvalue weighted by Gasteiger charge is -2.15. The van der Waals surface area contributed by atoms with Crippen LogP contribution in [-0.2, 0) is 6.54 Å². The fourth-order valence-corrected chi connectivity index (χ4v) is 4.60. The monoisotopic (exact) mass is 450 g/mol. The van der Waals surface area contributed by atoms with E-state index in [1.54, 1.807) is 6.33 Å². The van der Waals surface area contributed by atoms with E-state index in [1.165, 1.54) is 6.42 Å². The van der Waals surface area contributed by atoms with Crippen molar-refractivity contribution in [3.8, 4) is 5.75 Å². The van der Waals surface area contributed by atoms with Crippen LogP contribution in [0.3, 0.4) is 0 Å². The fraction of sp³-hybridized carbons (Fsp3) is 0.222. The number of pyridine rings is 1. The highest BCUT2D eigenvalue weighted by Gasteiger charge is 2.17. The topological polar surface area (TPSA) is 76.9 Å². The Labute approximate surface area is 197 Å². The second-order valence-electron chi connectivity index (χ2n) is 8.64. The molecule has 3 aromatic heterocycles. The summed E-state index contributed by atoms with van der Waals surface area (Å²) in [6, 6.07) is 20.8. The number of fused-ring (bicyclic) bond motifs is 2. The molecule has 0 radical (unpaired) electrons. The summed E-state index contributed by atoms with van der Waals surface area (Å²) < 4.78 is 8.43. The number of ether oxygens (including phenoxy) is 1. The zero-order chi connectivity index (χ0) is 22.7. The zero-order valence-electron chi connectivity index (χ0n) is 18.8. The van der Waals surface area contributed by atoms with E-state index in [2.05, 4.69) is 60.6 Å². The van der Waals surface area contributed by atoms with Gasteiger partial charge in [-0.1, -0.05) is 12.1 Å². The third-order valence-electron chi connectivity index (χ3n) is 6.32. The Morgan fingerprint density at radius 1 is 1.03 bits per heavy atom. The lowest BCUT2D eigenvalue weighted by atomic mass is 10.2. The first-order chi connectivity index (χ1) is 16.8. The van der Waals surface area contributed by atoms with Gasteiger partial charge in [-0.3, -0.25) is 4.98 Å². The van der Waals surface area contributed by atoms with E-state index in [9.17, 15) is 0 Å². The number of anilines is 2. The molecular weight excluding hydrogens is 424 g/mol. The van der Waals surface area contributed by atoms with Gasteiger partial charge in [0.05, 0.1) is 23.1 Å². The van der Waals surface area contributed by atoms with Crippen molar-refractivity contribution in [3.05, 3.63) is 85.1 Å². The molecule has 170 valence electrons. The first kappa shape index (κ1) is 20.6. The standard InChI is InChI=1S/C27H26N6O/c1-2-12-28-21(5-1)16-33-14-11-19-15-20(9-10-24(19)33)32-27-26-23(30-18-31-27)7-3-8-25(26)34-17-22-6-4-13-29-22/h1-3,5,7-12,14-15,18,22,29H,4,6,13,16-17H2,(H,30,31,32)/t22-/m1/s1. The Morgan fingerprint density at radius 3 is 2.91 bits per heavy atom. The predicted molar refractivity (Wildman–Crippen MR) is 135 cm³/mol. The summed E-state index contributed by atoms with van der Waals surface area (Å²) in [5.41, 5.74) is 4.03. The van der Waals surface area contributed by atoms with Gasteiger partial charge in [-0.05, 0) is 67.9 Å². The Bertz CT molecular complexity index is 1420. The third-order valence-corrected chi connectivity index (χ3v) is 6.32. The molecule has 7 heteroatoms. The first-order valence-corrected chi connectivity index (χ1v) is 11.7. The Morgan fingerprint density at radius 2 is 2.03 bits per heavy atom. The smallest absolute Gasteiger partial charge is 0.145 e. The number of rotatable bonds is 7. The number of nitrogens with zero attached hydrogens (tertiary/aromatic N) is 4. The van der Waals surface area contributed by atoms with Crippen LogP contribution in [0.25, 0.3) is 21.8 Å².